The van der Waals surface area contributed by atoms with Gasteiger partial charge in [0, 0.05) is 62.4 Å². The Morgan fingerprint density at radius 3 is 1.78 bits per heavy atom. The molecule has 3 rings (SSSR count). The van der Waals surface area contributed by atoms with Crippen LogP contribution in [0.2, 0.25) is 0 Å². The van der Waals surface area contributed by atoms with Gasteiger partial charge >= 0.3 is 0 Å². The third-order valence-corrected chi connectivity index (χ3v) is 15.1. The molecule has 1 aliphatic heterocycles. The van der Waals surface area contributed by atoms with Gasteiger partial charge in [-0.3, -0.25) is 47.9 Å². The number of rotatable bonds is 24. The van der Waals surface area contributed by atoms with Crippen molar-refractivity contribution >= 4 is 58.6 Å². The van der Waals surface area contributed by atoms with E-state index in [9.17, 15) is 58.2 Å². The van der Waals surface area contributed by atoms with Gasteiger partial charge < -0.3 is 70.8 Å². The van der Waals surface area contributed by atoms with E-state index in [4.69, 9.17) is 28.7 Å². The lowest BCUT2D eigenvalue weighted by atomic mass is 9.81. The predicted octanol–water partition coefficient (Wildman–Crippen LogP) is -1.02. The summed E-state index contributed by atoms with van der Waals surface area (Å²) < 4.78 is 0. The van der Waals surface area contributed by atoms with Crippen LogP contribution < -0.4 is 60.6 Å². The Kier molecular flexibility index (Phi) is 30.2. The van der Waals surface area contributed by atoms with E-state index in [1.165, 1.54) is 13.8 Å². The van der Waals surface area contributed by atoms with Crippen LogP contribution in [0, 0.1) is 35.5 Å². The van der Waals surface area contributed by atoms with Gasteiger partial charge in [0.15, 0.2) is 11.6 Å². The molecule has 2 aliphatic rings. The minimum absolute atomic E-state index is 0.00410. The lowest BCUT2D eigenvalue weighted by Gasteiger charge is -2.28. The number of carbonyl (C=O) groups excluding carboxylic acids is 10. The second-order valence-electron chi connectivity index (χ2n) is 22.1. The number of benzene rings is 1. The molecule has 6 amide bonds. The number of nitrogens with two attached hydrogens (primary N) is 5. The molecule has 1 aliphatic carbocycles. The standard InChI is InChI=1S/C56H93N11O12/c1-32(2)25-39-29-49(73)46(26-35-11-7-5-8-12-35)66-51(74)38(15-20-57)28-47(71)37(19-24-62-56(79)50(34(4)69)67-55(78)45(18-23-60)65-54(77)44(17-22-59)64-52(39)75)27-48(72)43(16-21-58)63-53(76)41(33(3)68)30-40(70)31-42(61)36-13-9-6-10-14-36/h5,7-8,11-12,32-34,36-39,41-46,50,68-69H,6,9-10,13-31,57-61H2,1-4H3,(H,62,79)(H,63,76)(H,64,75)(H,65,77)(H,66,74)(H,67,78)/t33?,34?,37-,38-,39-,41+,42?,43+,44+,45+,46-,50+/m1/s1. The van der Waals surface area contributed by atoms with E-state index in [1.807, 2.05) is 13.8 Å². The summed E-state index contributed by atoms with van der Waals surface area (Å²) in [6.45, 7) is 5.65. The SMILES string of the molecule is CC(C)C[C@@H]1CC(=O)[C@@H](Cc2ccccc2)NC(=O)[C@H](CCN)CC(=O)[C@@H](CC(=O)[C@H](CCN)NC(=O)[C@@H](CC(=O)CC(N)C2CCCCC2)C(C)O)CCNC(=O)[C@H](C(C)O)NC(=O)[C@H](CCN)NC(=O)[C@H](CCN)NC1=O. The zero-order chi connectivity index (χ0) is 58.8. The average molecular weight is 1110 g/mol. The summed E-state index contributed by atoms with van der Waals surface area (Å²) in [4.78, 5) is 141. The molecule has 1 aromatic carbocycles. The summed E-state index contributed by atoms with van der Waals surface area (Å²) in [6.07, 6.45) is 0.0622. The van der Waals surface area contributed by atoms with Crippen LogP contribution in [0.1, 0.15) is 136 Å². The largest absolute Gasteiger partial charge is 0.393 e. The maximum atomic E-state index is 14.7. The Morgan fingerprint density at radius 2 is 1.22 bits per heavy atom. The molecule has 0 spiro atoms. The summed E-state index contributed by atoms with van der Waals surface area (Å²) in [5, 5.41) is 37.4. The first-order valence-electron chi connectivity index (χ1n) is 28.4. The molecule has 3 unspecified atom stereocenters. The predicted molar refractivity (Wildman–Crippen MR) is 297 cm³/mol. The van der Waals surface area contributed by atoms with Gasteiger partial charge in [-0.05, 0) is 115 Å². The highest BCUT2D eigenvalue weighted by molar-refractivity contribution is 5.98. The monoisotopic (exact) mass is 1110 g/mol. The number of amides is 6. The van der Waals surface area contributed by atoms with E-state index >= 15 is 0 Å². The number of hydrogen-bond acceptors (Lipinski definition) is 17. The molecule has 2 fully saturated rings. The van der Waals surface area contributed by atoms with Gasteiger partial charge in [0.05, 0.1) is 30.2 Å². The maximum absolute atomic E-state index is 14.7. The van der Waals surface area contributed by atoms with E-state index in [-0.39, 0.29) is 115 Å². The molecule has 0 radical (unpaired) electrons. The fraction of sp³-hybridized carbons (Fsp3) is 0.714. The van der Waals surface area contributed by atoms with Crippen LogP contribution >= 0.6 is 0 Å². The lowest BCUT2D eigenvalue weighted by Crippen LogP contribution is -2.59. The Labute approximate surface area is 465 Å². The molecule has 12 atom stereocenters. The van der Waals surface area contributed by atoms with Gasteiger partial charge in [0.1, 0.15) is 29.7 Å². The maximum Gasteiger partial charge on any atom is 0.245 e. The topological polar surface area (TPSA) is 413 Å². The smallest absolute Gasteiger partial charge is 0.245 e. The highest BCUT2D eigenvalue weighted by Gasteiger charge is 2.38. The lowest BCUT2D eigenvalue weighted by molar-refractivity contribution is -0.137. The molecule has 444 valence electrons. The molecule has 0 aromatic heterocycles. The van der Waals surface area contributed by atoms with Crippen molar-refractivity contribution in [2.75, 3.05) is 32.7 Å². The molecule has 23 nitrogen and oxygen atoms in total. The van der Waals surface area contributed by atoms with E-state index in [0.29, 0.717) is 5.56 Å². The van der Waals surface area contributed by atoms with E-state index in [2.05, 4.69) is 31.9 Å². The van der Waals surface area contributed by atoms with Crippen molar-refractivity contribution in [2.24, 2.45) is 64.2 Å². The molecule has 79 heavy (non-hydrogen) atoms. The summed E-state index contributed by atoms with van der Waals surface area (Å²) in [7, 11) is 0. The van der Waals surface area contributed by atoms with Crippen LogP contribution in [0.4, 0.5) is 0 Å². The Bertz CT molecular complexity index is 2160. The van der Waals surface area contributed by atoms with Crippen molar-refractivity contribution in [2.45, 2.75) is 185 Å². The molecule has 1 saturated carbocycles. The van der Waals surface area contributed by atoms with E-state index in [1.54, 1.807) is 30.3 Å². The average Bonchev–Trinajstić information content (AvgIpc) is 3.40. The van der Waals surface area contributed by atoms with Crippen LogP contribution in [0.25, 0.3) is 0 Å². The zero-order valence-corrected chi connectivity index (χ0v) is 46.9. The second-order valence-corrected chi connectivity index (χ2v) is 22.1. The van der Waals surface area contributed by atoms with Crippen LogP contribution in [-0.4, -0.2) is 150 Å². The Morgan fingerprint density at radius 1 is 0.646 bits per heavy atom. The van der Waals surface area contributed by atoms with Crippen molar-refractivity contribution in [3.8, 4) is 0 Å². The van der Waals surface area contributed by atoms with Crippen molar-refractivity contribution in [3.63, 3.8) is 0 Å². The number of hydrogen-bond donors (Lipinski definition) is 13. The highest BCUT2D eigenvalue weighted by atomic mass is 16.3. The molecule has 0 bridgehead atoms. The van der Waals surface area contributed by atoms with Crippen molar-refractivity contribution in [1.29, 1.82) is 0 Å². The summed E-state index contributed by atoms with van der Waals surface area (Å²) in [6, 6.07) is 1.67. The molecule has 23 heteroatoms. The summed E-state index contributed by atoms with van der Waals surface area (Å²) in [5.74, 6) is -11.4. The molecule has 1 heterocycles. The zero-order valence-electron chi connectivity index (χ0n) is 46.9. The Hall–Kier alpha value is -5.56. The number of aliphatic hydroxyl groups excluding tert-OH is 2. The first-order valence-corrected chi connectivity index (χ1v) is 28.4. The van der Waals surface area contributed by atoms with Gasteiger partial charge in [0.2, 0.25) is 35.4 Å². The highest BCUT2D eigenvalue weighted by Crippen LogP contribution is 2.28. The van der Waals surface area contributed by atoms with Gasteiger partial charge in [-0.15, -0.1) is 0 Å². The van der Waals surface area contributed by atoms with Crippen LogP contribution in [-0.2, 0) is 54.4 Å². The van der Waals surface area contributed by atoms with E-state index in [0.717, 1.165) is 32.1 Å². The van der Waals surface area contributed by atoms with Crippen LogP contribution in [0.5, 0.6) is 0 Å². The number of ketones is 4. The first-order chi connectivity index (χ1) is 37.5. The molecular formula is C56H93N11O12. The fourth-order valence-corrected chi connectivity index (χ4v) is 10.5. The minimum atomic E-state index is -1.61. The van der Waals surface area contributed by atoms with E-state index < -0.39 is 138 Å². The Balaban J connectivity index is 2.08. The summed E-state index contributed by atoms with van der Waals surface area (Å²) in [5.41, 5.74) is 30.8. The number of aliphatic hydroxyl groups is 2. The quantitative estimate of drug-likeness (QED) is 0.0589. The van der Waals surface area contributed by atoms with Crippen molar-refractivity contribution in [1.82, 2.24) is 31.9 Å². The van der Waals surface area contributed by atoms with Crippen LogP contribution in [0.3, 0.4) is 0 Å². The van der Waals surface area contributed by atoms with Gasteiger partial charge in [-0.2, -0.15) is 0 Å². The fourth-order valence-electron chi connectivity index (χ4n) is 10.5. The van der Waals surface area contributed by atoms with Gasteiger partial charge in [0.25, 0.3) is 0 Å². The van der Waals surface area contributed by atoms with Gasteiger partial charge in [-0.25, -0.2) is 0 Å². The molecule has 1 saturated heterocycles. The summed E-state index contributed by atoms with van der Waals surface area (Å²) >= 11 is 0. The third kappa shape index (κ3) is 23.2. The minimum Gasteiger partial charge on any atom is -0.393 e. The molecular weight excluding hydrogens is 1020 g/mol. The molecule has 18 N–H and O–H groups in total. The number of Topliss-reactive ketones (excluding diaryl/α,β-unsaturated/α-hetero) is 4. The molecule has 1 aromatic rings. The third-order valence-electron chi connectivity index (χ3n) is 15.1. The normalized spacial score (nSPS) is 25.1. The van der Waals surface area contributed by atoms with Crippen molar-refractivity contribution in [3.05, 3.63) is 35.9 Å². The van der Waals surface area contributed by atoms with Crippen molar-refractivity contribution < 1.29 is 58.2 Å². The van der Waals surface area contributed by atoms with Crippen LogP contribution in [0.15, 0.2) is 30.3 Å². The number of carbonyl (C=O) groups is 10. The first kappa shape index (κ1) is 67.7. The van der Waals surface area contributed by atoms with Gasteiger partial charge in [-0.1, -0.05) is 63.4 Å². The number of nitrogens with one attached hydrogen (secondary N) is 6. The second kappa shape index (κ2) is 35.2.